The lowest BCUT2D eigenvalue weighted by molar-refractivity contribution is 0.291. The second-order valence-corrected chi connectivity index (χ2v) is 4.10. The van der Waals surface area contributed by atoms with E-state index in [1.54, 1.807) is 6.20 Å². The molecule has 0 aliphatic carbocycles. The highest BCUT2D eigenvalue weighted by atomic mass is 16.5. The molecule has 0 radical (unpaired) electrons. The summed E-state index contributed by atoms with van der Waals surface area (Å²) < 4.78 is 7.58. The Kier molecular flexibility index (Phi) is 3.44. The molecule has 1 aromatic carbocycles. The van der Waals surface area contributed by atoms with Gasteiger partial charge in [0, 0.05) is 25.5 Å². The van der Waals surface area contributed by atoms with Gasteiger partial charge in [-0.15, -0.1) is 0 Å². The number of hydrogen-bond acceptors (Lipinski definition) is 3. The first-order chi connectivity index (χ1) is 8.16. The van der Waals surface area contributed by atoms with Crippen molar-refractivity contribution in [1.82, 2.24) is 9.55 Å². The third-order valence-corrected chi connectivity index (χ3v) is 2.69. The van der Waals surface area contributed by atoms with Gasteiger partial charge in [0.1, 0.15) is 18.2 Å². The molecule has 4 heteroatoms. The Morgan fingerprint density at radius 3 is 2.59 bits per heavy atom. The van der Waals surface area contributed by atoms with Gasteiger partial charge in [-0.05, 0) is 24.6 Å². The average Bonchev–Trinajstić information content (AvgIpc) is 2.73. The van der Waals surface area contributed by atoms with Crippen LogP contribution < -0.4 is 10.5 Å². The van der Waals surface area contributed by atoms with Gasteiger partial charge in [0.05, 0.1) is 0 Å². The highest BCUT2D eigenvalue weighted by Gasteiger charge is 2.02. The summed E-state index contributed by atoms with van der Waals surface area (Å²) in [6.07, 6.45) is 3.66. The van der Waals surface area contributed by atoms with Gasteiger partial charge in [-0.3, -0.25) is 0 Å². The maximum atomic E-state index is 5.78. The molecule has 1 heterocycles. The number of nitrogens with zero attached hydrogens (tertiary/aromatic N) is 2. The predicted octanol–water partition coefficient (Wildman–Crippen LogP) is 2.02. The minimum Gasteiger partial charge on any atom is -0.486 e. The van der Waals surface area contributed by atoms with Gasteiger partial charge in [-0.1, -0.05) is 12.1 Å². The Morgan fingerprint density at radius 2 is 2.06 bits per heavy atom. The van der Waals surface area contributed by atoms with Crippen molar-refractivity contribution < 1.29 is 4.74 Å². The molecule has 1 atom stereocenters. The highest BCUT2D eigenvalue weighted by molar-refractivity contribution is 5.28. The molecule has 0 saturated heterocycles. The maximum Gasteiger partial charge on any atom is 0.146 e. The van der Waals surface area contributed by atoms with E-state index in [4.69, 9.17) is 10.5 Å². The fourth-order valence-corrected chi connectivity index (χ4v) is 1.55. The van der Waals surface area contributed by atoms with Crippen molar-refractivity contribution in [3.63, 3.8) is 0 Å². The zero-order valence-corrected chi connectivity index (χ0v) is 10.1. The van der Waals surface area contributed by atoms with E-state index < -0.39 is 0 Å². The Hall–Kier alpha value is -1.81. The number of rotatable bonds is 4. The Labute approximate surface area is 101 Å². The summed E-state index contributed by atoms with van der Waals surface area (Å²) in [4.78, 5) is 4.19. The number of aryl methyl sites for hydroxylation is 1. The van der Waals surface area contributed by atoms with Crippen molar-refractivity contribution in [3.05, 3.63) is 48.0 Å². The van der Waals surface area contributed by atoms with Crippen LogP contribution in [-0.4, -0.2) is 9.55 Å². The molecule has 1 aromatic heterocycles. The van der Waals surface area contributed by atoms with Crippen LogP contribution in [0.4, 0.5) is 0 Å². The van der Waals surface area contributed by atoms with Crippen molar-refractivity contribution in [2.45, 2.75) is 19.6 Å². The van der Waals surface area contributed by atoms with E-state index >= 15 is 0 Å². The normalized spacial score (nSPS) is 12.4. The quantitative estimate of drug-likeness (QED) is 0.875. The van der Waals surface area contributed by atoms with E-state index in [1.807, 2.05) is 49.0 Å². The van der Waals surface area contributed by atoms with Crippen LogP contribution in [0, 0.1) is 0 Å². The van der Waals surface area contributed by atoms with Crippen LogP contribution in [-0.2, 0) is 13.7 Å². The van der Waals surface area contributed by atoms with Crippen LogP contribution in [0.15, 0.2) is 36.7 Å². The fraction of sp³-hybridized carbons (Fsp3) is 0.308. The average molecular weight is 231 g/mol. The van der Waals surface area contributed by atoms with Gasteiger partial charge in [-0.25, -0.2) is 4.98 Å². The molecule has 0 unspecified atom stereocenters. The molecule has 0 saturated carbocycles. The van der Waals surface area contributed by atoms with E-state index in [1.165, 1.54) is 0 Å². The lowest BCUT2D eigenvalue weighted by Gasteiger charge is -2.08. The van der Waals surface area contributed by atoms with Crippen LogP contribution in [0.2, 0.25) is 0 Å². The van der Waals surface area contributed by atoms with Gasteiger partial charge < -0.3 is 15.0 Å². The Bertz CT molecular complexity index is 474. The summed E-state index contributed by atoms with van der Waals surface area (Å²) in [5.74, 6) is 1.73. The number of benzene rings is 1. The van der Waals surface area contributed by atoms with Crippen LogP contribution in [0.1, 0.15) is 24.4 Å². The van der Waals surface area contributed by atoms with Crippen molar-refractivity contribution in [2.75, 3.05) is 0 Å². The van der Waals surface area contributed by atoms with Crippen LogP contribution in [0.3, 0.4) is 0 Å². The minimum atomic E-state index is 0.0543. The lowest BCUT2D eigenvalue weighted by atomic mass is 10.1. The summed E-state index contributed by atoms with van der Waals surface area (Å²) in [5, 5.41) is 0. The number of imidazole rings is 1. The van der Waals surface area contributed by atoms with Crippen molar-refractivity contribution in [3.8, 4) is 5.75 Å². The maximum absolute atomic E-state index is 5.78. The first-order valence-electron chi connectivity index (χ1n) is 5.61. The SMILES string of the molecule is C[C@@H](N)c1ccc(OCc2nccn2C)cc1. The highest BCUT2D eigenvalue weighted by Crippen LogP contribution is 2.16. The van der Waals surface area contributed by atoms with Gasteiger partial charge in [0.15, 0.2) is 0 Å². The molecule has 90 valence electrons. The van der Waals surface area contributed by atoms with Gasteiger partial charge in [0.25, 0.3) is 0 Å². The minimum absolute atomic E-state index is 0.0543. The van der Waals surface area contributed by atoms with Gasteiger partial charge >= 0.3 is 0 Å². The monoisotopic (exact) mass is 231 g/mol. The molecule has 0 spiro atoms. The van der Waals surface area contributed by atoms with Gasteiger partial charge in [-0.2, -0.15) is 0 Å². The first kappa shape index (κ1) is 11.7. The second kappa shape index (κ2) is 5.01. The smallest absolute Gasteiger partial charge is 0.146 e. The summed E-state index contributed by atoms with van der Waals surface area (Å²) in [5.41, 5.74) is 6.89. The molecule has 0 bridgehead atoms. The molecule has 4 nitrogen and oxygen atoms in total. The third kappa shape index (κ3) is 2.85. The van der Waals surface area contributed by atoms with E-state index in [9.17, 15) is 0 Å². The molecule has 0 aliphatic heterocycles. The molecular weight excluding hydrogens is 214 g/mol. The topological polar surface area (TPSA) is 53.1 Å². The largest absolute Gasteiger partial charge is 0.486 e. The summed E-state index contributed by atoms with van der Waals surface area (Å²) in [7, 11) is 1.95. The number of ether oxygens (including phenoxy) is 1. The van der Waals surface area contributed by atoms with Crippen molar-refractivity contribution >= 4 is 0 Å². The van der Waals surface area contributed by atoms with E-state index in [0.717, 1.165) is 17.1 Å². The van der Waals surface area contributed by atoms with E-state index in [0.29, 0.717) is 6.61 Å². The zero-order chi connectivity index (χ0) is 12.3. The van der Waals surface area contributed by atoms with Gasteiger partial charge in [0.2, 0.25) is 0 Å². The predicted molar refractivity (Wildman–Crippen MR) is 66.6 cm³/mol. The van der Waals surface area contributed by atoms with E-state index in [2.05, 4.69) is 4.98 Å². The number of aromatic nitrogens is 2. The van der Waals surface area contributed by atoms with Crippen molar-refractivity contribution in [1.29, 1.82) is 0 Å². The number of nitrogens with two attached hydrogens (primary N) is 1. The summed E-state index contributed by atoms with van der Waals surface area (Å²) in [6, 6.07) is 7.89. The molecular formula is C13H17N3O. The fourth-order valence-electron chi connectivity index (χ4n) is 1.55. The molecule has 0 aliphatic rings. The summed E-state index contributed by atoms with van der Waals surface area (Å²) in [6.45, 7) is 2.44. The third-order valence-electron chi connectivity index (χ3n) is 2.69. The first-order valence-corrected chi connectivity index (χ1v) is 5.61. The van der Waals surface area contributed by atoms with E-state index in [-0.39, 0.29) is 6.04 Å². The molecule has 2 rings (SSSR count). The number of hydrogen-bond donors (Lipinski definition) is 1. The van der Waals surface area contributed by atoms with Crippen LogP contribution >= 0.6 is 0 Å². The Balaban J connectivity index is 1.98. The molecule has 17 heavy (non-hydrogen) atoms. The zero-order valence-electron chi connectivity index (χ0n) is 10.1. The molecule has 0 fully saturated rings. The summed E-state index contributed by atoms with van der Waals surface area (Å²) >= 11 is 0. The molecule has 2 N–H and O–H groups in total. The van der Waals surface area contributed by atoms with Crippen molar-refractivity contribution in [2.24, 2.45) is 12.8 Å². The lowest BCUT2D eigenvalue weighted by Crippen LogP contribution is -2.05. The molecule has 0 amide bonds. The second-order valence-electron chi connectivity index (χ2n) is 4.10. The molecule has 2 aromatic rings. The van der Waals surface area contributed by atoms with Crippen LogP contribution in [0.25, 0.3) is 0 Å². The standard InChI is InChI=1S/C13H17N3O/c1-10(14)11-3-5-12(6-4-11)17-9-13-15-7-8-16(13)2/h3-8,10H,9,14H2,1-2H3/t10-/m1/s1. The van der Waals surface area contributed by atoms with Crippen LogP contribution in [0.5, 0.6) is 5.75 Å². The Morgan fingerprint density at radius 1 is 1.35 bits per heavy atom.